The minimum Gasteiger partial charge on any atom is -0.0654 e. The molecule has 0 aliphatic heterocycles. The highest BCUT2D eigenvalue weighted by molar-refractivity contribution is 14.1. The lowest BCUT2D eigenvalue weighted by Gasteiger charge is -2.18. The van der Waals surface area contributed by atoms with Gasteiger partial charge in [0.25, 0.3) is 0 Å². The molecule has 0 heterocycles. The molecule has 1 atom stereocenters. The fraction of sp³-hybridized carbons (Fsp3) is 0.368. The van der Waals surface area contributed by atoms with Gasteiger partial charge in [0.05, 0.1) is 0 Å². The Morgan fingerprint density at radius 1 is 0.800 bits per heavy atom. The first-order chi connectivity index (χ1) is 9.81. The second kappa shape index (κ2) is 8.46. The van der Waals surface area contributed by atoms with Crippen molar-refractivity contribution < 1.29 is 0 Å². The summed E-state index contributed by atoms with van der Waals surface area (Å²) in [4.78, 5) is 0. The minimum atomic E-state index is 0.546. The lowest BCUT2D eigenvalue weighted by atomic mass is 9.87. The molecule has 1 heteroatoms. The second-order valence-corrected chi connectivity index (χ2v) is 6.61. The van der Waals surface area contributed by atoms with Crippen LogP contribution in [0.2, 0.25) is 0 Å². The third-order valence-electron chi connectivity index (χ3n) is 3.82. The molecule has 2 rings (SSSR count). The normalized spacial score (nSPS) is 12.3. The summed E-state index contributed by atoms with van der Waals surface area (Å²) in [5.74, 6) is 0.546. The van der Waals surface area contributed by atoms with Crippen molar-refractivity contribution in [3.63, 3.8) is 0 Å². The monoisotopic (exact) mass is 378 g/mol. The first-order valence-electron chi connectivity index (χ1n) is 7.61. The first kappa shape index (κ1) is 15.6. The summed E-state index contributed by atoms with van der Waals surface area (Å²) in [6.07, 6.45) is 6.59. The van der Waals surface area contributed by atoms with Crippen LogP contribution in [-0.4, -0.2) is 0 Å². The molecule has 20 heavy (non-hydrogen) atoms. The summed E-state index contributed by atoms with van der Waals surface area (Å²) in [5.41, 5.74) is 2.90. The topological polar surface area (TPSA) is 0 Å². The van der Waals surface area contributed by atoms with E-state index in [-0.39, 0.29) is 0 Å². The van der Waals surface area contributed by atoms with Crippen molar-refractivity contribution in [3.05, 3.63) is 69.3 Å². The number of rotatable bonds is 7. The van der Waals surface area contributed by atoms with Crippen LogP contribution in [0.25, 0.3) is 0 Å². The second-order valence-electron chi connectivity index (χ2n) is 5.36. The molecule has 1 unspecified atom stereocenters. The van der Waals surface area contributed by atoms with Crippen molar-refractivity contribution >= 4 is 22.6 Å². The van der Waals surface area contributed by atoms with Crippen LogP contribution >= 0.6 is 22.6 Å². The van der Waals surface area contributed by atoms with Crippen molar-refractivity contribution in [3.8, 4) is 0 Å². The van der Waals surface area contributed by atoms with Crippen LogP contribution in [0.4, 0.5) is 0 Å². The van der Waals surface area contributed by atoms with Crippen molar-refractivity contribution in [1.29, 1.82) is 0 Å². The average Bonchev–Trinajstić information content (AvgIpc) is 2.50. The Hall–Kier alpha value is -0.830. The largest absolute Gasteiger partial charge is 0.0654 e. The van der Waals surface area contributed by atoms with E-state index >= 15 is 0 Å². The van der Waals surface area contributed by atoms with E-state index in [0.717, 1.165) is 0 Å². The van der Waals surface area contributed by atoms with Crippen LogP contribution in [-0.2, 0) is 0 Å². The van der Waals surface area contributed by atoms with Crippen LogP contribution in [0.3, 0.4) is 0 Å². The summed E-state index contributed by atoms with van der Waals surface area (Å²) in [6, 6.07) is 20.0. The number of halogens is 1. The minimum absolute atomic E-state index is 0.546. The maximum Gasteiger partial charge on any atom is 0.0130 e. The first-order valence-corrected chi connectivity index (χ1v) is 8.69. The molecule has 0 radical (unpaired) electrons. The van der Waals surface area contributed by atoms with E-state index in [1.165, 1.54) is 46.8 Å². The molecule has 0 bridgehead atoms. The number of hydrogen-bond acceptors (Lipinski definition) is 0. The molecule has 0 saturated heterocycles. The molecule has 0 nitrogen and oxygen atoms in total. The summed E-state index contributed by atoms with van der Waals surface area (Å²) in [7, 11) is 0. The van der Waals surface area contributed by atoms with E-state index in [1.54, 1.807) is 0 Å². The standard InChI is InChI=1S/C19H23I/c1-2-3-4-8-11-19(16-9-6-5-7-10-16)17-12-14-18(20)15-13-17/h5-7,9-10,12-15,19H,2-4,8,11H2,1H3. The van der Waals surface area contributed by atoms with Crippen molar-refractivity contribution in [2.24, 2.45) is 0 Å². The molecular formula is C19H23I. The van der Waals surface area contributed by atoms with Crippen LogP contribution < -0.4 is 0 Å². The maximum absolute atomic E-state index is 2.37. The van der Waals surface area contributed by atoms with Crippen LogP contribution in [0.5, 0.6) is 0 Å². The molecule has 2 aromatic rings. The highest BCUT2D eigenvalue weighted by Crippen LogP contribution is 2.30. The predicted molar refractivity (Wildman–Crippen MR) is 96.2 cm³/mol. The van der Waals surface area contributed by atoms with Gasteiger partial charge in [0.15, 0.2) is 0 Å². The van der Waals surface area contributed by atoms with E-state index in [9.17, 15) is 0 Å². The molecule has 0 aliphatic carbocycles. The van der Waals surface area contributed by atoms with Gasteiger partial charge in [0, 0.05) is 9.49 Å². The van der Waals surface area contributed by atoms with Crippen molar-refractivity contribution in [2.45, 2.75) is 44.9 Å². The predicted octanol–water partition coefficient (Wildman–Crippen LogP) is 6.39. The van der Waals surface area contributed by atoms with Crippen LogP contribution in [0, 0.1) is 3.57 Å². The smallest absolute Gasteiger partial charge is 0.0130 e. The van der Waals surface area contributed by atoms with Gasteiger partial charge in [-0.1, -0.05) is 75.1 Å². The van der Waals surface area contributed by atoms with Gasteiger partial charge in [0.1, 0.15) is 0 Å². The van der Waals surface area contributed by atoms with Gasteiger partial charge >= 0.3 is 0 Å². The van der Waals surface area contributed by atoms with Gasteiger partial charge in [-0.3, -0.25) is 0 Å². The van der Waals surface area contributed by atoms with Crippen LogP contribution in [0.1, 0.15) is 56.1 Å². The summed E-state index contributed by atoms with van der Waals surface area (Å²) in [6.45, 7) is 2.27. The van der Waals surface area contributed by atoms with Gasteiger partial charge in [-0.05, 0) is 52.3 Å². The van der Waals surface area contributed by atoms with Crippen molar-refractivity contribution in [1.82, 2.24) is 0 Å². The molecular weight excluding hydrogens is 355 g/mol. The third kappa shape index (κ3) is 4.62. The molecule has 0 saturated carbocycles. The Labute approximate surface area is 136 Å². The Kier molecular flexibility index (Phi) is 6.58. The van der Waals surface area contributed by atoms with E-state index in [1.807, 2.05) is 0 Å². The Morgan fingerprint density at radius 3 is 2.10 bits per heavy atom. The van der Waals surface area contributed by atoms with Gasteiger partial charge in [-0.15, -0.1) is 0 Å². The number of unbranched alkanes of at least 4 members (excludes halogenated alkanes) is 3. The summed E-state index contributed by atoms with van der Waals surface area (Å²) in [5, 5.41) is 0. The van der Waals surface area contributed by atoms with Gasteiger partial charge in [0.2, 0.25) is 0 Å². The molecule has 106 valence electrons. The SMILES string of the molecule is CCCCCCC(c1ccccc1)c1ccc(I)cc1. The number of hydrogen-bond donors (Lipinski definition) is 0. The molecule has 0 amide bonds. The zero-order chi connectivity index (χ0) is 14.2. The molecule has 0 aromatic heterocycles. The van der Waals surface area contributed by atoms with E-state index in [0.29, 0.717) is 5.92 Å². The fourth-order valence-corrected chi connectivity index (χ4v) is 3.04. The summed E-state index contributed by atoms with van der Waals surface area (Å²) < 4.78 is 1.31. The van der Waals surface area contributed by atoms with Crippen LogP contribution in [0.15, 0.2) is 54.6 Å². The zero-order valence-electron chi connectivity index (χ0n) is 12.2. The van der Waals surface area contributed by atoms with E-state index < -0.39 is 0 Å². The molecule has 0 aliphatic rings. The van der Waals surface area contributed by atoms with Gasteiger partial charge in [-0.25, -0.2) is 0 Å². The van der Waals surface area contributed by atoms with Gasteiger partial charge in [-0.2, -0.15) is 0 Å². The molecule has 0 spiro atoms. The third-order valence-corrected chi connectivity index (χ3v) is 4.54. The molecule has 0 N–H and O–H groups in total. The lowest BCUT2D eigenvalue weighted by Crippen LogP contribution is -2.01. The fourth-order valence-electron chi connectivity index (χ4n) is 2.68. The molecule has 2 aromatic carbocycles. The lowest BCUT2D eigenvalue weighted by molar-refractivity contribution is 0.596. The highest BCUT2D eigenvalue weighted by atomic mass is 127. The Balaban J connectivity index is 2.13. The molecule has 0 fully saturated rings. The quantitative estimate of drug-likeness (QED) is 0.387. The Morgan fingerprint density at radius 2 is 1.45 bits per heavy atom. The average molecular weight is 378 g/mol. The van der Waals surface area contributed by atoms with Gasteiger partial charge < -0.3 is 0 Å². The van der Waals surface area contributed by atoms with Crippen molar-refractivity contribution in [2.75, 3.05) is 0 Å². The zero-order valence-corrected chi connectivity index (χ0v) is 14.3. The number of benzene rings is 2. The maximum atomic E-state index is 2.37. The highest BCUT2D eigenvalue weighted by Gasteiger charge is 2.13. The van der Waals surface area contributed by atoms with E-state index in [4.69, 9.17) is 0 Å². The Bertz CT molecular complexity index is 487. The van der Waals surface area contributed by atoms with E-state index in [2.05, 4.69) is 84.1 Å². The summed E-state index contributed by atoms with van der Waals surface area (Å²) >= 11 is 2.37.